The monoisotopic (exact) mass is 240 g/mol. The number of ether oxygens (including phenoxy) is 1. The molecule has 100 valence electrons. The van der Waals surface area contributed by atoms with Gasteiger partial charge in [-0.3, -0.25) is 0 Å². The van der Waals surface area contributed by atoms with Crippen molar-refractivity contribution in [2.24, 2.45) is 11.1 Å². The Labute approximate surface area is 106 Å². The standard InChI is InChI=1S/C14H28N2O/c1-13-5-3-2-4-8-16(13)12-14(11-15)6-9-17-10-7-14/h13H,2-12,15H2,1H3. The zero-order valence-corrected chi connectivity index (χ0v) is 11.3. The van der Waals surface area contributed by atoms with Crippen molar-refractivity contribution in [3.63, 3.8) is 0 Å². The normalized spacial score (nSPS) is 31.1. The van der Waals surface area contributed by atoms with Gasteiger partial charge < -0.3 is 15.4 Å². The first-order valence-electron chi connectivity index (χ1n) is 7.28. The molecular weight excluding hydrogens is 212 g/mol. The number of rotatable bonds is 3. The molecule has 2 fully saturated rings. The van der Waals surface area contributed by atoms with E-state index in [9.17, 15) is 0 Å². The van der Waals surface area contributed by atoms with Gasteiger partial charge in [0.05, 0.1) is 0 Å². The summed E-state index contributed by atoms with van der Waals surface area (Å²) in [6.45, 7) is 7.46. The van der Waals surface area contributed by atoms with Gasteiger partial charge in [0, 0.05) is 25.8 Å². The van der Waals surface area contributed by atoms with Gasteiger partial charge in [0.15, 0.2) is 0 Å². The lowest BCUT2D eigenvalue weighted by atomic mass is 9.79. The molecule has 0 aliphatic carbocycles. The molecule has 3 heteroatoms. The second-order valence-electron chi connectivity index (χ2n) is 5.99. The van der Waals surface area contributed by atoms with Gasteiger partial charge in [-0.1, -0.05) is 12.8 Å². The lowest BCUT2D eigenvalue weighted by Gasteiger charge is -2.41. The molecule has 3 nitrogen and oxygen atoms in total. The van der Waals surface area contributed by atoms with Crippen LogP contribution in [-0.2, 0) is 4.74 Å². The highest BCUT2D eigenvalue weighted by Gasteiger charge is 2.34. The lowest BCUT2D eigenvalue weighted by molar-refractivity contribution is -0.00596. The summed E-state index contributed by atoms with van der Waals surface area (Å²) in [5, 5.41) is 0. The highest BCUT2D eigenvalue weighted by molar-refractivity contribution is 4.88. The average Bonchev–Trinajstić information content (AvgIpc) is 2.56. The molecule has 17 heavy (non-hydrogen) atoms. The van der Waals surface area contributed by atoms with Crippen LogP contribution in [0.3, 0.4) is 0 Å². The second-order valence-corrected chi connectivity index (χ2v) is 5.99. The lowest BCUT2D eigenvalue weighted by Crippen LogP contribution is -2.48. The average molecular weight is 240 g/mol. The first-order chi connectivity index (χ1) is 8.26. The van der Waals surface area contributed by atoms with Crippen LogP contribution in [-0.4, -0.2) is 43.8 Å². The van der Waals surface area contributed by atoms with Crippen LogP contribution in [0.4, 0.5) is 0 Å². The van der Waals surface area contributed by atoms with Crippen LogP contribution in [0.25, 0.3) is 0 Å². The van der Waals surface area contributed by atoms with Gasteiger partial charge in [-0.15, -0.1) is 0 Å². The fourth-order valence-electron chi connectivity index (χ4n) is 3.23. The Kier molecular flexibility index (Phi) is 4.83. The third-order valence-electron chi connectivity index (χ3n) is 4.72. The molecule has 2 aliphatic heterocycles. The molecule has 0 aromatic carbocycles. The van der Waals surface area contributed by atoms with E-state index in [1.54, 1.807) is 0 Å². The SMILES string of the molecule is CC1CCCCCN1CC1(CN)CCOCC1. The minimum Gasteiger partial charge on any atom is -0.381 e. The molecule has 2 aliphatic rings. The summed E-state index contributed by atoms with van der Waals surface area (Å²) < 4.78 is 5.49. The maximum atomic E-state index is 6.06. The minimum absolute atomic E-state index is 0.330. The predicted molar refractivity (Wildman–Crippen MR) is 71.0 cm³/mol. The largest absolute Gasteiger partial charge is 0.381 e. The van der Waals surface area contributed by atoms with Gasteiger partial charge in [0.2, 0.25) is 0 Å². The van der Waals surface area contributed by atoms with Crippen LogP contribution in [0.5, 0.6) is 0 Å². The zero-order valence-electron chi connectivity index (χ0n) is 11.3. The third-order valence-corrected chi connectivity index (χ3v) is 4.72. The molecule has 0 aromatic heterocycles. The van der Waals surface area contributed by atoms with Gasteiger partial charge >= 0.3 is 0 Å². The Morgan fingerprint density at radius 3 is 2.71 bits per heavy atom. The van der Waals surface area contributed by atoms with E-state index in [-0.39, 0.29) is 0 Å². The topological polar surface area (TPSA) is 38.5 Å². The predicted octanol–water partition coefficient (Wildman–Crippen LogP) is 2.01. The summed E-state index contributed by atoms with van der Waals surface area (Å²) in [6, 6.07) is 0.740. The van der Waals surface area contributed by atoms with Crippen molar-refractivity contribution in [1.29, 1.82) is 0 Å². The fraction of sp³-hybridized carbons (Fsp3) is 1.00. The van der Waals surface area contributed by atoms with Crippen LogP contribution < -0.4 is 5.73 Å². The number of nitrogens with two attached hydrogens (primary N) is 1. The van der Waals surface area contributed by atoms with Crippen molar-refractivity contribution in [1.82, 2.24) is 4.90 Å². The smallest absolute Gasteiger partial charge is 0.0472 e. The molecule has 1 unspecified atom stereocenters. The first-order valence-corrected chi connectivity index (χ1v) is 7.28. The van der Waals surface area contributed by atoms with Crippen molar-refractivity contribution in [3.8, 4) is 0 Å². The van der Waals surface area contributed by atoms with Crippen LogP contribution >= 0.6 is 0 Å². The van der Waals surface area contributed by atoms with E-state index in [4.69, 9.17) is 10.5 Å². The van der Waals surface area contributed by atoms with Crippen molar-refractivity contribution in [2.45, 2.75) is 51.5 Å². The molecule has 0 amide bonds. The summed E-state index contributed by atoms with van der Waals surface area (Å²) >= 11 is 0. The number of hydrogen-bond donors (Lipinski definition) is 1. The number of likely N-dealkylation sites (tertiary alicyclic amines) is 1. The molecule has 2 N–H and O–H groups in total. The third kappa shape index (κ3) is 3.43. The van der Waals surface area contributed by atoms with Gasteiger partial charge in [-0.05, 0) is 51.1 Å². The molecule has 2 saturated heterocycles. The van der Waals surface area contributed by atoms with Crippen LogP contribution in [0.2, 0.25) is 0 Å². The molecular formula is C14H28N2O. The number of nitrogens with zero attached hydrogens (tertiary/aromatic N) is 1. The van der Waals surface area contributed by atoms with E-state index < -0.39 is 0 Å². The van der Waals surface area contributed by atoms with Gasteiger partial charge in [0.1, 0.15) is 0 Å². The summed E-state index contributed by atoms with van der Waals surface area (Å²) in [5.74, 6) is 0. The minimum atomic E-state index is 0.330. The maximum Gasteiger partial charge on any atom is 0.0472 e. The van der Waals surface area contributed by atoms with E-state index in [2.05, 4.69) is 11.8 Å². The van der Waals surface area contributed by atoms with Gasteiger partial charge in [-0.25, -0.2) is 0 Å². The first kappa shape index (κ1) is 13.3. The Morgan fingerprint density at radius 2 is 2.00 bits per heavy atom. The van der Waals surface area contributed by atoms with Gasteiger partial charge in [0.25, 0.3) is 0 Å². The molecule has 0 radical (unpaired) electrons. The van der Waals surface area contributed by atoms with Crippen molar-refractivity contribution >= 4 is 0 Å². The van der Waals surface area contributed by atoms with E-state index in [1.807, 2.05) is 0 Å². The highest BCUT2D eigenvalue weighted by Crippen LogP contribution is 2.32. The second kappa shape index (κ2) is 6.17. The molecule has 1 atom stereocenters. The van der Waals surface area contributed by atoms with Gasteiger partial charge in [-0.2, -0.15) is 0 Å². The zero-order chi connectivity index (χ0) is 12.1. The van der Waals surface area contributed by atoms with E-state index in [0.29, 0.717) is 5.41 Å². The van der Waals surface area contributed by atoms with Crippen molar-refractivity contribution < 1.29 is 4.74 Å². The molecule has 2 rings (SSSR count). The quantitative estimate of drug-likeness (QED) is 0.820. The van der Waals surface area contributed by atoms with Crippen molar-refractivity contribution in [2.75, 3.05) is 32.8 Å². The van der Waals surface area contributed by atoms with Crippen LogP contribution in [0.1, 0.15) is 45.4 Å². The Balaban J connectivity index is 1.95. The number of hydrogen-bond acceptors (Lipinski definition) is 3. The van der Waals surface area contributed by atoms with E-state index in [1.165, 1.54) is 38.8 Å². The summed E-state index contributed by atoms with van der Waals surface area (Å²) in [4.78, 5) is 2.69. The molecule has 0 bridgehead atoms. The Hall–Kier alpha value is -0.120. The summed E-state index contributed by atoms with van der Waals surface area (Å²) in [6.07, 6.45) is 7.81. The Bertz CT molecular complexity index is 226. The van der Waals surface area contributed by atoms with Crippen LogP contribution in [0.15, 0.2) is 0 Å². The summed E-state index contributed by atoms with van der Waals surface area (Å²) in [7, 11) is 0. The van der Waals surface area contributed by atoms with Crippen LogP contribution in [0, 0.1) is 5.41 Å². The highest BCUT2D eigenvalue weighted by atomic mass is 16.5. The molecule has 2 heterocycles. The van der Waals surface area contributed by atoms with Crippen molar-refractivity contribution in [3.05, 3.63) is 0 Å². The summed E-state index contributed by atoms with van der Waals surface area (Å²) in [5.41, 5.74) is 6.39. The fourth-order valence-corrected chi connectivity index (χ4v) is 3.23. The molecule has 0 aromatic rings. The molecule has 0 spiro atoms. The molecule has 0 saturated carbocycles. The van der Waals surface area contributed by atoms with E-state index in [0.717, 1.165) is 38.6 Å². The Morgan fingerprint density at radius 1 is 1.24 bits per heavy atom. The van der Waals surface area contributed by atoms with E-state index >= 15 is 0 Å². The maximum absolute atomic E-state index is 6.06.